The number of carbonyl (C=O) groups excluding carboxylic acids is 1. The summed E-state index contributed by atoms with van der Waals surface area (Å²) in [7, 11) is 4.34. The van der Waals surface area contributed by atoms with Crippen LogP contribution in [0, 0.1) is 0 Å². The second-order valence-electron chi connectivity index (χ2n) is 5.67. The molecule has 26 heavy (non-hydrogen) atoms. The third-order valence-electron chi connectivity index (χ3n) is 4.14. The molecule has 0 aliphatic heterocycles. The minimum absolute atomic E-state index is 0.0769. The predicted octanol–water partition coefficient (Wildman–Crippen LogP) is 0.939. The smallest absolute Gasteiger partial charge is 0.337 e. The zero-order chi connectivity index (χ0) is 18.8. The van der Waals surface area contributed by atoms with Gasteiger partial charge in [0.15, 0.2) is 0 Å². The van der Waals surface area contributed by atoms with Gasteiger partial charge in [-0.1, -0.05) is 12.1 Å². The molecule has 2 heterocycles. The minimum Gasteiger partial charge on any atom is -0.481 e. The van der Waals surface area contributed by atoms with Crippen LogP contribution in [0.3, 0.4) is 0 Å². The van der Waals surface area contributed by atoms with E-state index in [0.717, 1.165) is 4.57 Å². The molecule has 0 bridgehead atoms. The number of aryl methyl sites for hydroxylation is 1. The van der Waals surface area contributed by atoms with Gasteiger partial charge >= 0.3 is 11.7 Å². The second-order valence-corrected chi connectivity index (χ2v) is 5.67. The van der Waals surface area contributed by atoms with E-state index in [4.69, 9.17) is 4.74 Å². The SMILES string of the molecule is COC(=O)c1ccc(Cn2c(=O)c3cc(OC)ncc3n(C)c2=O)cc1. The van der Waals surface area contributed by atoms with E-state index in [1.54, 1.807) is 31.3 Å². The molecule has 0 aliphatic carbocycles. The molecule has 2 aromatic heterocycles. The highest BCUT2D eigenvalue weighted by Gasteiger charge is 2.13. The van der Waals surface area contributed by atoms with Crippen molar-refractivity contribution in [1.82, 2.24) is 14.1 Å². The summed E-state index contributed by atoms with van der Waals surface area (Å²) in [6.07, 6.45) is 1.44. The number of hydrogen-bond donors (Lipinski definition) is 0. The molecular weight excluding hydrogens is 338 g/mol. The number of nitrogens with zero attached hydrogens (tertiary/aromatic N) is 3. The summed E-state index contributed by atoms with van der Waals surface area (Å²) in [4.78, 5) is 40.9. The van der Waals surface area contributed by atoms with Crippen molar-refractivity contribution in [3.8, 4) is 5.88 Å². The first kappa shape index (κ1) is 17.4. The molecule has 3 rings (SSSR count). The van der Waals surface area contributed by atoms with Crippen LogP contribution in [0.5, 0.6) is 5.88 Å². The number of hydrogen-bond acceptors (Lipinski definition) is 6. The molecular formula is C18H17N3O5. The van der Waals surface area contributed by atoms with E-state index in [0.29, 0.717) is 27.9 Å². The monoisotopic (exact) mass is 355 g/mol. The molecule has 0 fully saturated rings. The maximum Gasteiger partial charge on any atom is 0.337 e. The largest absolute Gasteiger partial charge is 0.481 e. The Morgan fingerprint density at radius 2 is 1.85 bits per heavy atom. The standard InChI is InChI=1S/C18H17N3O5/c1-20-14-9-19-15(25-2)8-13(14)16(22)21(18(20)24)10-11-4-6-12(7-5-11)17(23)26-3/h4-9H,10H2,1-3H3. The van der Waals surface area contributed by atoms with Crippen LogP contribution in [-0.2, 0) is 18.3 Å². The van der Waals surface area contributed by atoms with Gasteiger partial charge in [0.1, 0.15) is 0 Å². The zero-order valence-electron chi connectivity index (χ0n) is 14.6. The van der Waals surface area contributed by atoms with Gasteiger partial charge in [-0.15, -0.1) is 0 Å². The Labute approximate surface area is 148 Å². The number of benzene rings is 1. The summed E-state index contributed by atoms with van der Waals surface area (Å²) in [5, 5.41) is 0.338. The molecule has 0 unspecified atom stereocenters. The quantitative estimate of drug-likeness (QED) is 0.647. The lowest BCUT2D eigenvalue weighted by Crippen LogP contribution is -2.39. The van der Waals surface area contributed by atoms with Crippen molar-refractivity contribution < 1.29 is 14.3 Å². The molecule has 0 atom stereocenters. The number of carbonyl (C=O) groups is 1. The van der Waals surface area contributed by atoms with E-state index in [1.165, 1.54) is 31.0 Å². The predicted molar refractivity (Wildman–Crippen MR) is 94.7 cm³/mol. The van der Waals surface area contributed by atoms with Crippen molar-refractivity contribution >= 4 is 16.9 Å². The fourth-order valence-corrected chi connectivity index (χ4v) is 2.68. The Bertz CT molecular complexity index is 1100. The van der Waals surface area contributed by atoms with Crippen molar-refractivity contribution in [3.05, 3.63) is 68.5 Å². The Kier molecular flexibility index (Phi) is 4.57. The molecule has 3 aromatic rings. The van der Waals surface area contributed by atoms with Crippen molar-refractivity contribution in [3.63, 3.8) is 0 Å². The molecule has 134 valence electrons. The topological polar surface area (TPSA) is 92.4 Å². The van der Waals surface area contributed by atoms with E-state index in [1.807, 2.05) is 0 Å². The van der Waals surface area contributed by atoms with Gasteiger partial charge in [-0.2, -0.15) is 0 Å². The Balaban J connectivity index is 2.09. The van der Waals surface area contributed by atoms with Crippen LogP contribution in [0.15, 0.2) is 46.1 Å². The number of aromatic nitrogens is 3. The maximum atomic E-state index is 12.8. The molecule has 0 radical (unpaired) electrons. The van der Waals surface area contributed by atoms with E-state index >= 15 is 0 Å². The molecule has 0 N–H and O–H groups in total. The molecule has 1 aromatic carbocycles. The first-order valence-corrected chi connectivity index (χ1v) is 7.77. The van der Waals surface area contributed by atoms with Gasteiger partial charge < -0.3 is 9.47 Å². The lowest BCUT2D eigenvalue weighted by atomic mass is 10.1. The van der Waals surface area contributed by atoms with Crippen LogP contribution < -0.4 is 16.0 Å². The van der Waals surface area contributed by atoms with E-state index in [-0.39, 0.29) is 6.54 Å². The van der Waals surface area contributed by atoms with Crippen molar-refractivity contribution in [2.45, 2.75) is 6.54 Å². The normalized spacial score (nSPS) is 10.7. The summed E-state index contributed by atoms with van der Waals surface area (Å²) >= 11 is 0. The van der Waals surface area contributed by atoms with Gasteiger partial charge in [-0.3, -0.25) is 13.9 Å². The van der Waals surface area contributed by atoms with Crippen LogP contribution in [0.1, 0.15) is 15.9 Å². The molecule has 8 nitrogen and oxygen atoms in total. The summed E-state index contributed by atoms with van der Waals surface area (Å²) in [5.74, 6) is -0.155. The number of methoxy groups -OCH3 is 2. The van der Waals surface area contributed by atoms with Crippen molar-refractivity contribution in [1.29, 1.82) is 0 Å². The molecule has 0 aliphatic rings. The van der Waals surface area contributed by atoms with Crippen LogP contribution in [0.4, 0.5) is 0 Å². The van der Waals surface area contributed by atoms with Crippen molar-refractivity contribution in [2.24, 2.45) is 7.05 Å². The molecule has 8 heteroatoms. The van der Waals surface area contributed by atoms with Gasteiger partial charge in [0, 0.05) is 13.1 Å². The summed E-state index contributed by atoms with van der Waals surface area (Å²) in [5.41, 5.74) is 0.647. The lowest BCUT2D eigenvalue weighted by Gasteiger charge is -2.11. The molecule has 0 spiro atoms. The Morgan fingerprint density at radius 1 is 1.15 bits per heavy atom. The third-order valence-corrected chi connectivity index (χ3v) is 4.14. The Hall–Kier alpha value is -3.42. The summed E-state index contributed by atoms with van der Waals surface area (Å²) in [6.45, 7) is 0.0769. The van der Waals surface area contributed by atoms with Gasteiger partial charge in [0.25, 0.3) is 5.56 Å². The number of rotatable bonds is 4. The van der Waals surface area contributed by atoms with Gasteiger partial charge in [-0.05, 0) is 17.7 Å². The first-order valence-electron chi connectivity index (χ1n) is 7.77. The minimum atomic E-state index is -0.452. The van der Waals surface area contributed by atoms with Crippen molar-refractivity contribution in [2.75, 3.05) is 14.2 Å². The van der Waals surface area contributed by atoms with Crippen LogP contribution in [-0.4, -0.2) is 34.3 Å². The Morgan fingerprint density at radius 3 is 2.46 bits per heavy atom. The number of pyridine rings is 1. The average molecular weight is 355 g/mol. The van der Waals surface area contributed by atoms with Crippen LogP contribution >= 0.6 is 0 Å². The van der Waals surface area contributed by atoms with E-state index in [2.05, 4.69) is 9.72 Å². The van der Waals surface area contributed by atoms with Crippen LogP contribution in [0.25, 0.3) is 10.9 Å². The summed E-state index contributed by atoms with van der Waals surface area (Å²) < 4.78 is 12.2. The fraction of sp³-hybridized carbons (Fsp3) is 0.222. The van der Waals surface area contributed by atoms with Gasteiger partial charge in [-0.25, -0.2) is 14.6 Å². The highest BCUT2D eigenvalue weighted by molar-refractivity contribution is 5.89. The highest BCUT2D eigenvalue weighted by atomic mass is 16.5. The lowest BCUT2D eigenvalue weighted by molar-refractivity contribution is 0.0600. The van der Waals surface area contributed by atoms with Crippen LogP contribution in [0.2, 0.25) is 0 Å². The molecule has 0 amide bonds. The number of ether oxygens (including phenoxy) is 2. The molecule has 0 saturated heterocycles. The maximum absolute atomic E-state index is 12.8. The highest BCUT2D eigenvalue weighted by Crippen LogP contribution is 2.13. The molecule has 0 saturated carbocycles. The van der Waals surface area contributed by atoms with E-state index in [9.17, 15) is 14.4 Å². The zero-order valence-corrected chi connectivity index (χ0v) is 14.6. The van der Waals surface area contributed by atoms with Gasteiger partial charge in [0.05, 0.1) is 43.4 Å². The second kappa shape index (κ2) is 6.83. The third kappa shape index (κ3) is 2.97. The summed E-state index contributed by atoms with van der Waals surface area (Å²) in [6, 6.07) is 8.04. The average Bonchev–Trinajstić information content (AvgIpc) is 2.68. The number of fused-ring (bicyclic) bond motifs is 1. The first-order chi connectivity index (χ1) is 12.5. The van der Waals surface area contributed by atoms with Gasteiger partial charge in [0.2, 0.25) is 5.88 Å². The van der Waals surface area contributed by atoms with E-state index < -0.39 is 17.2 Å². The number of esters is 1. The fourth-order valence-electron chi connectivity index (χ4n) is 2.68.